The van der Waals surface area contributed by atoms with E-state index in [0.29, 0.717) is 6.04 Å². The number of nitrogens with one attached hydrogen (secondary N) is 1. The molecular formula is C13H20N2. The van der Waals surface area contributed by atoms with Crippen LogP contribution >= 0.6 is 0 Å². The molecule has 15 heavy (non-hydrogen) atoms. The van der Waals surface area contributed by atoms with Crippen molar-refractivity contribution in [2.24, 2.45) is 0 Å². The van der Waals surface area contributed by atoms with E-state index in [0.717, 1.165) is 19.6 Å². The molecule has 1 N–H and O–H groups in total. The van der Waals surface area contributed by atoms with E-state index < -0.39 is 0 Å². The Morgan fingerprint density at radius 2 is 2.13 bits per heavy atom. The van der Waals surface area contributed by atoms with Crippen molar-refractivity contribution >= 4 is 0 Å². The van der Waals surface area contributed by atoms with E-state index in [4.69, 9.17) is 0 Å². The SMILES string of the molecule is C[C@@H]1CN(Cc2ccccc2)CCCN1. The van der Waals surface area contributed by atoms with E-state index in [9.17, 15) is 0 Å². The zero-order valence-corrected chi connectivity index (χ0v) is 9.45. The van der Waals surface area contributed by atoms with Gasteiger partial charge in [-0.2, -0.15) is 0 Å². The van der Waals surface area contributed by atoms with E-state index in [1.807, 2.05) is 0 Å². The summed E-state index contributed by atoms with van der Waals surface area (Å²) in [5.41, 5.74) is 1.42. The molecule has 1 aliphatic heterocycles. The zero-order valence-electron chi connectivity index (χ0n) is 9.45. The van der Waals surface area contributed by atoms with Gasteiger partial charge in [-0.05, 0) is 32.0 Å². The Labute approximate surface area is 92.3 Å². The molecular weight excluding hydrogens is 184 g/mol. The third kappa shape index (κ3) is 3.33. The molecule has 0 amide bonds. The van der Waals surface area contributed by atoms with Gasteiger partial charge in [0, 0.05) is 19.1 Å². The summed E-state index contributed by atoms with van der Waals surface area (Å²) in [5.74, 6) is 0. The minimum Gasteiger partial charge on any atom is -0.313 e. The van der Waals surface area contributed by atoms with Crippen LogP contribution in [0.15, 0.2) is 30.3 Å². The van der Waals surface area contributed by atoms with Crippen LogP contribution in [-0.4, -0.2) is 30.6 Å². The lowest BCUT2D eigenvalue weighted by atomic mass is 10.2. The van der Waals surface area contributed by atoms with Gasteiger partial charge >= 0.3 is 0 Å². The van der Waals surface area contributed by atoms with Gasteiger partial charge in [0.05, 0.1) is 0 Å². The first-order valence-corrected chi connectivity index (χ1v) is 5.84. The van der Waals surface area contributed by atoms with Crippen LogP contribution in [0.3, 0.4) is 0 Å². The zero-order chi connectivity index (χ0) is 10.5. The lowest BCUT2D eigenvalue weighted by molar-refractivity contribution is 0.265. The molecule has 0 aliphatic carbocycles. The monoisotopic (exact) mass is 204 g/mol. The Hall–Kier alpha value is -0.860. The van der Waals surface area contributed by atoms with Gasteiger partial charge in [-0.25, -0.2) is 0 Å². The molecule has 0 aromatic heterocycles. The van der Waals surface area contributed by atoms with Gasteiger partial charge in [0.15, 0.2) is 0 Å². The summed E-state index contributed by atoms with van der Waals surface area (Å²) in [7, 11) is 0. The normalized spacial score (nSPS) is 23.7. The molecule has 1 heterocycles. The lowest BCUT2D eigenvalue weighted by Crippen LogP contribution is -2.34. The van der Waals surface area contributed by atoms with Crippen LogP contribution in [0.2, 0.25) is 0 Å². The van der Waals surface area contributed by atoms with Crippen molar-refractivity contribution in [3.8, 4) is 0 Å². The second-order valence-corrected chi connectivity index (χ2v) is 4.43. The quantitative estimate of drug-likeness (QED) is 0.791. The minimum absolute atomic E-state index is 0.621. The van der Waals surface area contributed by atoms with E-state index >= 15 is 0 Å². The van der Waals surface area contributed by atoms with Crippen LogP contribution in [-0.2, 0) is 6.54 Å². The molecule has 1 atom stereocenters. The Morgan fingerprint density at radius 3 is 2.93 bits per heavy atom. The number of benzene rings is 1. The summed E-state index contributed by atoms with van der Waals surface area (Å²) in [5, 5.41) is 3.52. The molecule has 0 saturated carbocycles. The molecule has 1 aromatic rings. The van der Waals surface area contributed by atoms with Gasteiger partial charge in [-0.15, -0.1) is 0 Å². The van der Waals surface area contributed by atoms with Gasteiger partial charge in [0.25, 0.3) is 0 Å². The van der Waals surface area contributed by atoms with Crippen molar-refractivity contribution in [2.75, 3.05) is 19.6 Å². The molecule has 1 fully saturated rings. The van der Waals surface area contributed by atoms with Crippen LogP contribution in [0.4, 0.5) is 0 Å². The van der Waals surface area contributed by atoms with E-state index in [1.54, 1.807) is 0 Å². The molecule has 1 aliphatic rings. The topological polar surface area (TPSA) is 15.3 Å². The summed E-state index contributed by atoms with van der Waals surface area (Å²) >= 11 is 0. The van der Waals surface area contributed by atoms with Crippen LogP contribution < -0.4 is 5.32 Å². The summed E-state index contributed by atoms with van der Waals surface area (Å²) in [4.78, 5) is 2.54. The molecule has 2 nitrogen and oxygen atoms in total. The van der Waals surface area contributed by atoms with Crippen LogP contribution in [0.5, 0.6) is 0 Å². The first kappa shape index (κ1) is 10.7. The van der Waals surface area contributed by atoms with Crippen molar-refractivity contribution in [2.45, 2.75) is 25.9 Å². The van der Waals surface area contributed by atoms with Crippen LogP contribution in [0.25, 0.3) is 0 Å². The summed E-state index contributed by atoms with van der Waals surface area (Å²) in [6.07, 6.45) is 1.26. The second-order valence-electron chi connectivity index (χ2n) is 4.43. The first-order valence-electron chi connectivity index (χ1n) is 5.84. The lowest BCUT2D eigenvalue weighted by Gasteiger charge is -2.22. The minimum atomic E-state index is 0.621. The van der Waals surface area contributed by atoms with E-state index in [-0.39, 0.29) is 0 Å². The fourth-order valence-electron chi connectivity index (χ4n) is 2.18. The van der Waals surface area contributed by atoms with Gasteiger partial charge in [-0.3, -0.25) is 4.90 Å². The Balaban J connectivity index is 1.93. The predicted molar refractivity (Wildman–Crippen MR) is 63.8 cm³/mol. The van der Waals surface area contributed by atoms with Crippen molar-refractivity contribution in [1.82, 2.24) is 10.2 Å². The maximum Gasteiger partial charge on any atom is 0.0234 e. The standard InChI is InChI=1S/C13H20N2/c1-12-10-15(9-5-8-14-12)11-13-6-3-2-4-7-13/h2-4,6-7,12,14H,5,8-11H2,1H3/t12-/m1/s1. The summed E-state index contributed by atoms with van der Waals surface area (Å²) in [6.45, 7) is 6.89. The van der Waals surface area contributed by atoms with Crippen molar-refractivity contribution in [3.05, 3.63) is 35.9 Å². The number of rotatable bonds is 2. The fourth-order valence-corrected chi connectivity index (χ4v) is 2.18. The van der Waals surface area contributed by atoms with Gasteiger partial charge < -0.3 is 5.32 Å². The van der Waals surface area contributed by atoms with Gasteiger partial charge in [-0.1, -0.05) is 30.3 Å². The molecule has 2 rings (SSSR count). The summed E-state index contributed by atoms with van der Waals surface area (Å²) in [6, 6.07) is 11.4. The fraction of sp³-hybridized carbons (Fsp3) is 0.538. The second kappa shape index (κ2) is 5.29. The molecule has 1 aromatic carbocycles. The highest BCUT2D eigenvalue weighted by Crippen LogP contribution is 2.07. The smallest absolute Gasteiger partial charge is 0.0234 e. The number of hydrogen-bond acceptors (Lipinski definition) is 2. The average Bonchev–Trinajstić information content (AvgIpc) is 2.44. The maximum atomic E-state index is 3.52. The highest BCUT2D eigenvalue weighted by atomic mass is 15.2. The van der Waals surface area contributed by atoms with Crippen LogP contribution in [0.1, 0.15) is 18.9 Å². The molecule has 1 saturated heterocycles. The third-order valence-electron chi connectivity index (χ3n) is 2.92. The van der Waals surface area contributed by atoms with E-state index in [2.05, 4.69) is 47.5 Å². The third-order valence-corrected chi connectivity index (χ3v) is 2.92. The largest absolute Gasteiger partial charge is 0.313 e. The van der Waals surface area contributed by atoms with E-state index in [1.165, 1.54) is 18.5 Å². The van der Waals surface area contributed by atoms with Crippen molar-refractivity contribution < 1.29 is 0 Å². The Kier molecular flexibility index (Phi) is 3.75. The first-order chi connectivity index (χ1) is 7.34. The number of hydrogen-bond donors (Lipinski definition) is 1. The number of nitrogens with zero attached hydrogens (tertiary/aromatic N) is 1. The summed E-state index contributed by atoms with van der Waals surface area (Å²) < 4.78 is 0. The van der Waals surface area contributed by atoms with Gasteiger partial charge in [0.1, 0.15) is 0 Å². The van der Waals surface area contributed by atoms with Crippen molar-refractivity contribution in [1.29, 1.82) is 0 Å². The molecule has 0 spiro atoms. The van der Waals surface area contributed by atoms with Gasteiger partial charge in [0.2, 0.25) is 0 Å². The molecule has 0 bridgehead atoms. The average molecular weight is 204 g/mol. The highest BCUT2D eigenvalue weighted by Gasteiger charge is 2.13. The Bertz CT molecular complexity index is 284. The molecule has 82 valence electrons. The highest BCUT2D eigenvalue weighted by molar-refractivity contribution is 5.14. The maximum absolute atomic E-state index is 3.52. The van der Waals surface area contributed by atoms with Crippen LogP contribution in [0, 0.1) is 0 Å². The molecule has 0 unspecified atom stereocenters. The Morgan fingerprint density at radius 1 is 1.33 bits per heavy atom. The molecule has 2 heteroatoms. The predicted octanol–water partition coefficient (Wildman–Crippen LogP) is 1.87. The van der Waals surface area contributed by atoms with Crippen molar-refractivity contribution in [3.63, 3.8) is 0 Å². The molecule has 0 radical (unpaired) electrons.